The quantitative estimate of drug-likeness (QED) is 0.403. The van der Waals surface area contributed by atoms with Gasteiger partial charge < -0.3 is 10.1 Å². The molecule has 2 bridgehead atoms. The molecule has 3 saturated heterocycles. The second-order valence-corrected chi connectivity index (χ2v) is 8.55. The van der Waals surface area contributed by atoms with Crippen molar-refractivity contribution in [1.29, 1.82) is 0 Å². The zero-order valence-electron chi connectivity index (χ0n) is 18.1. The summed E-state index contributed by atoms with van der Waals surface area (Å²) in [4.78, 5) is 31.0. The van der Waals surface area contributed by atoms with Crippen molar-refractivity contribution < 1.29 is 14.3 Å². The van der Waals surface area contributed by atoms with Gasteiger partial charge in [0.15, 0.2) is 0 Å². The van der Waals surface area contributed by atoms with Crippen molar-refractivity contribution in [2.75, 3.05) is 26.7 Å². The number of pyridine rings is 1. The van der Waals surface area contributed by atoms with E-state index in [1.54, 1.807) is 13.3 Å². The average molecular weight is 420 g/mol. The Morgan fingerprint density at radius 1 is 1.39 bits per heavy atom. The third kappa shape index (κ3) is 4.21. The second-order valence-electron chi connectivity index (χ2n) is 8.55. The number of Topliss-reactive ketones (excluding diaryl/α,β-unsaturated/α-hetero) is 2. The number of hydrogen-bond donors (Lipinski definition) is 1. The van der Waals surface area contributed by atoms with E-state index in [0.717, 1.165) is 47.6 Å². The summed E-state index contributed by atoms with van der Waals surface area (Å²) in [5, 5.41) is 4.38. The van der Waals surface area contributed by atoms with Gasteiger partial charge in [-0.3, -0.25) is 19.5 Å². The van der Waals surface area contributed by atoms with Gasteiger partial charge in [-0.1, -0.05) is 13.3 Å². The summed E-state index contributed by atoms with van der Waals surface area (Å²) in [7, 11) is 1.65. The van der Waals surface area contributed by atoms with Gasteiger partial charge in [0.25, 0.3) is 5.78 Å². The van der Waals surface area contributed by atoms with Gasteiger partial charge in [0.05, 0.1) is 19.2 Å². The predicted octanol–water partition coefficient (Wildman–Crippen LogP) is 2.77. The highest BCUT2D eigenvalue weighted by Crippen LogP contribution is 2.42. The van der Waals surface area contributed by atoms with Crippen LogP contribution in [-0.4, -0.2) is 54.2 Å². The molecule has 162 valence electrons. The molecule has 31 heavy (non-hydrogen) atoms. The minimum Gasteiger partial charge on any atom is -0.497 e. The summed E-state index contributed by atoms with van der Waals surface area (Å²) in [6, 6.07) is 7.97. The Bertz CT molecular complexity index is 1030. The van der Waals surface area contributed by atoms with Crippen LogP contribution < -0.4 is 10.1 Å². The number of carbonyl (C=O) groups excluding carboxylic acids is 2. The Hall–Kier alpha value is -2.75. The minimum absolute atomic E-state index is 0.0757. The lowest BCUT2D eigenvalue weighted by Crippen LogP contribution is -2.57. The van der Waals surface area contributed by atoms with E-state index < -0.39 is 11.6 Å². The van der Waals surface area contributed by atoms with Gasteiger partial charge in [-0.05, 0) is 67.0 Å². The molecular formula is C25H29N3O3. The standard InChI is InChI=1S/C25H29N3O3/c1-4-16-15-28-11-9-17(16)12-22(28)25(27-14-24(30)23(29)5-2)19-8-10-26-21-7-6-18(31-3)13-20(19)21/h2,6-8,10,13,16-17,22,25,27H,4,9,11-12,14-15H2,1,3H3. The van der Waals surface area contributed by atoms with E-state index in [1.807, 2.05) is 30.2 Å². The van der Waals surface area contributed by atoms with Crippen molar-refractivity contribution >= 4 is 22.5 Å². The highest BCUT2D eigenvalue weighted by molar-refractivity contribution is 6.44. The molecule has 4 heterocycles. The van der Waals surface area contributed by atoms with Crippen LogP contribution in [0.3, 0.4) is 0 Å². The number of fused-ring (bicyclic) bond motifs is 4. The topological polar surface area (TPSA) is 71.5 Å². The van der Waals surface area contributed by atoms with Crippen LogP contribution >= 0.6 is 0 Å². The fourth-order valence-electron chi connectivity index (χ4n) is 5.35. The zero-order valence-corrected chi connectivity index (χ0v) is 18.1. The van der Waals surface area contributed by atoms with Gasteiger partial charge in [0.1, 0.15) is 5.75 Å². The van der Waals surface area contributed by atoms with E-state index >= 15 is 0 Å². The van der Waals surface area contributed by atoms with Crippen LogP contribution in [0.2, 0.25) is 0 Å². The van der Waals surface area contributed by atoms with Crippen LogP contribution in [0.4, 0.5) is 0 Å². The maximum atomic E-state index is 12.2. The van der Waals surface area contributed by atoms with E-state index in [9.17, 15) is 9.59 Å². The first-order valence-corrected chi connectivity index (χ1v) is 11.0. The Kier molecular flexibility index (Phi) is 6.35. The molecule has 0 saturated carbocycles. The van der Waals surface area contributed by atoms with E-state index in [4.69, 9.17) is 11.2 Å². The van der Waals surface area contributed by atoms with E-state index in [1.165, 1.54) is 12.8 Å². The van der Waals surface area contributed by atoms with Crippen LogP contribution in [-0.2, 0) is 9.59 Å². The van der Waals surface area contributed by atoms with Crippen LogP contribution in [0, 0.1) is 24.2 Å². The van der Waals surface area contributed by atoms with E-state index in [2.05, 4.69) is 22.1 Å². The zero-order chi connectivity index (χ0) is 22.0. The second kappa shape index (κ2) is 9.17. The number of ketones is 2. The smallest absolute Gasteiger partial charge is 0.272 e. The number of terminal acetylenes is 1. The molecule has 3 fully saturated rings. The van der Waals surface area contributed by atoms with Crippen LogP contribution in [0.15, 0.2) is 30.5 Å². The first-order chi connectivity index (χ1) is 15.0. The third-order valence-corrected chi connectivity index (χ3v) is 7.03. The van der Waals surface area contributed by atoms with E-state index in [-0.39, 0.29) is 18.6 Å². The Morgan fingerprint density at radius 2 is 2.23 bits per heavy atom. The predicted molar refractivity (Wildman–Crippen MR) is 120 cm³/mol. The molecular weight excluding hydrogens is 390 g/mol. The number of nitrogens with zero attached hydrogens (tertiary/aromatic N) is 2. The van der Waals surface area contributed by atoms with Gasteiger partial charge in [0, 0.05) is 30.2 Å². The molecule has 6 nitrogen and oxygen atoms in total. The molecule has 2 aromatic rings. The number of aromatic nitrogens is 1. The normalized spacial score (nSPS) is 25.7. The van der Waals surface area contributed by atoms with Crippen molar-refractivity contribution in [3.8, 4) is 18.1 Å². The van der Waals surface area contributed by atoms with E-state index in [0.29, 0.717) is 5.92 Å². The maximum Gasteiger partial charge on any atom is 0.272 e. The number of ether oxygens (including phenoxy) is 1. The highest BCUT2D eigenvalue weighted by atomic mass is 16.5. The molecule has 0 amide bonds. The maximum absolute atomic E-state index is 12.2. The van der Waals surface area contributed by atoms with Crippen molar-refractivity contribution in [2.24, 2.45) is 11.8 Å². The molecule has 6 heteroatoms. The third-order valence-electron chi connectivity index (χ3n) is 7.03. The SMILES string of the molecule is C#CC(=O)C(=O)CNC(c1ccnc2ccc(OC)cc12)C1CC2CCN1CC2CC. The minimum atomic E-state index is -0.788. The molecule has 0 spiro atoms. The molecule has 1 N–H and O–H groups in total. The number of nitrogens with one attached hydrogen (secondary N) is 1. The average Bonchev–Trinajstić information content (AvgIpc) is 2.83. The summed E-state index contributed by atoms with van der Waals surface area (Å²) in [6.07, 6.45) is 10.4. The van der Waals surface area contributed by atoms with Gasteiger partial charge in [-0.15, -0.1) is 6.42 Å². The number of methoxy groups -OCH3 is 1. The van der Waals surface area contributed by atoms with Crippen molar-refractivity contribution in [3.05, 3.63) is 36.0 Å². The molecule has 0 radical (unpaired) electrons. The van der Waals surface area contributed by atoms with Crippen LogP contribution in [0.1, 0.15) is 37.8 Å². The van der Waals surface area contributed by atoms with Gasteiger partial charge in [0.2, 0.25) is 5.78 Å². The molecule has 3 aliphatic heterocycles. The van der Waals surface area contributed by atoms with Gasteiger partial charge >= 0.3 is 0 Å². The van der Waals surface area contributed by atoms with Crippen molar-refractivity contribution in [2.45, 2.75) is 38.3 Å². The number of rotatable bonds is 8. The van der Waals surface area contributed by atoms with Crippen LogP contribution in [0.5, 0.6) is 5.75 Å². The molecule has 5 atom stereocenters. The van der Waals surface area contributed by atoms with Crippen LogP contribution in [0.25, 0.3) is 10.9 Å². The monoisotopic (exact) mass is 419 g/mol. The summed E-state index contributed by atoms with van der Waals surface area (Å²) in [5.74, 6) is 2.74. The van der Waals surface area contributed by atoms with Crippen molar-refractivity contribution in [1.82, 2.24) is 15.2 Å². The number of hydrogen-bond acceptors (Lipinski definition) is 6. The number of benzene rings is 1. The van der Waals surface area contributed by atoms with Gasteiger partial charge in [-0.2, -0.15) is 0 Å². The molecule has 3 aliphatic rings. The fourth-order valence-corrected chi connectivity index (χ4v) is 5.35. The molecule has 1 aromatic carbocycles. The summed E-state index contributed by atoms with van der Waals surface area (Å²) >= 11 is 0. The molecule has 1 aromatic heterocycles. The summed E-state index contributed by atoms with van der Waals surface area (Å²) in [6.45, 7) is 4.33. The number of carbonyl (C=O) groups is 2. The molecule has 5 unspecified atom stereocenters. The molecule has 0 aliphatic carbocycles. The summed E-state index contributed by atoms with van der Waals surface area (Å²) in [5.41, 5.74) is 1.94. The lowest BCUT2D eigenvalue weighted by atomic mass is 9.72. The first-order valence-electron chi connectivity index (χ1n) is 11.0. The number of piperidine rings is 3. The fraction of sp³-hybridized carbons (Fsp3) is 0.480. The Morgan fingerprint density at radius 3 is 2.90 bits per heavy atom. The van der Waals surface area contributed by atoms with Gasteiger partial charge in [-0.25, -0.2) is 0 Å². The lowest BCUT2D eigenvalue weighted by molar-refractivity contribution is -0.133. The first kappa shape index (κ1) is 21.5. The van der Waals surface area contributed by atoms with Crippen molar-refractivity contribution in [3.63, 3.8) is 0 Å². The summed E-state index contributed by atoms with van der Waals surface area (Å²) < 4.78 is 5.45. The highest BCUT2D eigenvalue weighted by Gasteiger charge is 2.43. The Balaban J connectivity index is 1.71. The Labute approximate surface area is 183 Å². The largest absolute Gasteiger partial charge is 0.497 e. The lowest BCUT2D eigenvalue weighted by Gasteiger charge is -2.52. The molecule has 5 rings (SSSR count).